The summed E-state index contributed by atoms with van der Waals surface area (Å²) in [6.45, 7) is 3.53. The van der Waals surface area contributed by atoms with Gasteiger partial charge in [-0.05, 0) is 31.4 Å². The zero-order valence-electron chi connectivity index (χ0n) is 12.3. The molecule has 1 aromatic carbocycles. The van der Waals surface area contributed by atoms with Crippen LogP contribution in [0.5, 0.6) is 0 Å². The molecule has 2 amide bonds. The van der Waals surface area contributed by atoms with Crippen molar-refractivity contribution in [1.82, 2.24) is 10.2 Å². The van der Waals surface area contributed by atoms with Crippen LogP contribution in [-0.2, 0) is 16.0 Å². The van der Waals surface area contributed by atoms with Crippen molar-refractivity contribution >= 4 is 17.5 Å². The third-order valence-corrected chi connectivity index (χ3v) is 4.33. The van der Waals surface area contributed by atoms with Crippen LogP contribution in [0.25, 0.3) is 0 Å². The van der Waals surface area contributed by atoms with Gasteiger partial charge in [-0.15, -0.1) is 0 Å². The SMILES string of the molecule is CC1Nc2ccccc2CC1C(=O)N1CCCNC(=O)C1. The molecule has 2 aliphatic heterocycles. The molecule has 0 saturated carbocycles. The molecule has 0 bridgehead atoms. The number of anilines is 1. The number of nitrogens with zero attached hydrogens (tertiary/aromatic N) is 1. The number of fused-ring (bicyclic) bond motifs is 1. The average Bonchev–Trinajstić information content (AvgIpc) is 2.70. The minimum Gasteiger partial charge on any atom is -0.382 e. The van der Waals surface area contributed by atoms with E-state index in [4.69, 9.17) is 0 Å². The number of carbonyl (C=O) groups excluding carboxylic acids is 2. The van der Waals surface area contributed by atoms with Crippen LogP contribution in [0.1, 0.15) is 18.9 Å². The summed E-state index contributed by atoms with van der Waals surface area (Å²) in [5.41, 5.74) is 2.29. The number of rotatable bonds is 1. The van der Waals surface area contributed by atoms with E-state index in [0.717, 1.165) is 18.5 Å². The first-order valence-corrected chi connectivity index (χ1v) is 7.55. The molecule has 2 unspecified atom stereocenters. The minimum atomic E-state index is -0.106. The van der Waals surface area contributed by atoms with Gasteiger partial charge < -0.3 is 15.5 Å². The largest absolute Gasteiger partial charge is 0.382 e. The number of nitrogens with one attached hydrogen (secondary N) is 2. The lowest BCUT2D eigenvalue weighted by molar-refractivity contribution is -0.139. The second kappa shape index (κ2) is 5.76. The molecule has 0 aromatic heterocycles. The molecule has 5 heteroatoms. The molecule has 21 heavy (non-hydrogen) atoms. The Hall–Kier alpha value is -2.04. The van der Waals surface area contributed by atoms with Gasteiger partial charge in [0, 0.05) is 24.8 Å². The third-order valence-electron chi connectivity index (χ3n) is 4.33. The molecule has 1 saturated heterocycles. The normalized spacial score (nSPS) is 25.4. The topological polar surface area (TPSA) is 61.4 Å². The molecule has 2 N–H and O–H groups in total. The lowest BCUT2D eigenvalue weighted by Crippen LogP contribution is -2.47. The summed E-state index contributed by atoms with van der Waals surface area (Å²) in [4.78, 5) is 26.1. The van der Waals surface area contributed by atoms with Gasteiger partial charge >= 0.3 is 0 Å². The maximum Gasteiger partial charge on any atom is 0.239 e. The van der Waals surface area contributed by atoms with Crippen molar-refractivity contribution in [3.63, 3.8) is 0 Å². The molecule has 0 aliphatic carbocycles. The van der Waals surface area contributed by atoms with E-state index in [1.807, 2.05) is 25.1 Å². The zero-order chi connectivity index (χ0) is 14.8. The van der Waals surface area contributed by atoms with Gasteiger partial charge in [0.15, 0.2) is 0 Å². The van der Waals surface area contributed by atoms with E-state index < -0.39 is 0 Å². The lowest BCUT2D eigenvalue weighted by Gasteiger charge is -2.34. The molecule has 0 radical (unpaired) electrons. The Balaban J connectivity index is 1.77. The van der Waals surface area contributed by atoms with Crippen molar-refractivity contribution in [3.05, 3.63) is 29.8 Å². The van der Waals surface area contributed by atoms with E-state index in [0.29, 0.717) is 13.1 Å². The van der Waals surface area contributed by atoms with Gasteiger partial charge in [0.1, 0.15) is 0 Å². The number of amides is 2. The predicted octanol–water partition coefficient (Wildman–Crippen LogP) is 1.01. The van der Waals surface area contributed by atoms with Crippen molar-refractivity contribution in [2.45, 2.75) is 25.8 Å². The van der Waals surface area contributed by atoms with E-state index in [-0.39, 0.29) is 30.3 Å². The highest BCUT2D eigenvalue weighted by atomic mass is 16.2. The van der Waals surface area contributed by atoms with E-state index in [1.54, 1.807) is 4.90 Å². The summed E-state index contributed by atoms with van der Waals surface area (Å²) in [5, 5.41) is 6.22. The number of benzene rings is 1. The molecule has 112 valence electrons. The number of carbonyl (C=O) groups is 2. The summed E-state index contributed by atoms with van der Waals surface area (Å²) >= 11 is 0. The Labute approximate surface area is 124 Å². The fourth-order valence-corrected chi connectivity index (χ4v) is 3.13. The lowest BCUT2D eigenvalue weighted by atomic mass is 9.87. The van der Waals surface area contributed by atoms with Gasteiger partial charge in [0.05, 0.1) is 12.5 Å². The first kappa shape index (κ1) is 13.9. The minimum absolute atomic E-state index is 0.0577. The molecule has 5 nitrogen and oxygen atoms in total. The summed E-state index contributed by atoms with van der Waals surface area (Å²) in [6, 6.07) is 8.19. The van der Waals surface area contributed by atoms with Crippen molar-refractivity contribution in [2.75, 3.05) is 25.0 Å². The standard InChI is InChI=1S/C16H21N3O2/c1-11-13(9-12-5-2-3-6-14(12)18-11)16(21)19-8-4-7-17-15(20)10-19/h2-3,5-6,11,13,18H,4,7-10H2,1H3,(H,17,20). The van der Waals surface area contributed by atoms with Crippen LogP contribution in [0.15, 0.2) is 24.3 Å². The number of para-hydroxylation sites is 1. The van der Waals surface area contributed by atoms with Gasteiger partial charge in [-0.1, -0.05) is 18.2 Å². The Morgan fingerprint density at radius 3 is 3.00 bits per heavy atom. The summed E-state index contributed by atoms with van der Waals surface area (Å²) in [6.07, 6.45) is 1.56. The molecule has 2 atom stereocenters. The van der Waals surface area contributed by atoms with E-state index in [9.17, 15) is 9.59 Å². The monoisotopic (exact) mass is 287 g/mol. The summed E-state index contributed by atoms with van der Waals surface area (Å²) < 4.78 is 0. The average molecular weight is 287 g/mol. The number of hydrogen-bond acceptors (Lipinski definition) is 3. The van der Waals surface area contributed by atoms with Gasteiger partial charge in [-0.25, -0.2) is 0 Å². The smallest absolute Gasteiger partial charge is 0.239 e. The Morgan fingerprint density at radius 1 is 1.33 bits per heavy atom. The predicted molar refractivity (Wildman–Crippen MR) is 80.9 cm³/mol. The van der Waals surface area contributed by atoms with Crippen molar-refractivity contribution in [2.24, 2.45) is 5.92 Å². The van der Waals surface area contributed by atoms with Crippen LogP contribution in [0.3, 0.4) is 0 Å². The fraction of sp³-hybridized carbons (Fsp3) is 0.500. The van der Waals surface area contributed by atoms with Gasteiger partial charge in [-0.3, -0.25) is 9.59 Å². The third kappa shape index (κ3) is 2.86. The van der Waals surface area contributed by atoms with Gasteiger partial charge in [0.2, 0.25) is 11.8 Å². The van der Waals surface area contributed by atoms with Crippen LogP contribution in [0, 0.1) is 5.92 Å². The second-order valence-electron chi connectivity index (χ2n) is 5.86. The molecule has 1 fully saturated rings. The molecule has 2 heterocycles. The second-order valence-corrected chi connectivity index (χ2v) is 5.86. The fourth-order valence-electron chi connectivity index (χ4n) is 3.13. The van der Waals surface area contributed by atoms with Crippen molar-refractivity contribution in [3.8, 4) is 0 Å². The zero-order valence-corrected chi connectivity index (χ0v) is 12.3. The first-order chi connectivity index (χ1) is 10.1. The van der Waals surface area contributed by atoms with Crippen LogP contribution in [0.4, 0.5) is 5.69 Å². The summed E-state index contributed by atoms with van der Waals surface area (Å²) in [7, 11) is 0. The maximum atomic E-state index is 12.8. The quantitative estimate of drug-likeness (QED) is 0.810. The van der Waals surface area contributed by atoms with Crippen molar-refractivity contribution in [1.29, 1.82) is 0 Å². The van der Waals surface area contributed by atoms with E-state index >= 15 is 0 Å². The van der Waals surface area contributed by atoms with Gasteiger partial charge in [-0.2, -0.15) is 0 Å². The Morgan fingerprint density at radius 2 is 2.14 bits per heavy atom. The van der Waals surface area contributed by atoms with Crippen LogP contribution < -0.4 is 10.6 Å². The van der Waals surface area contributed by atoms with Crippen LogP contribution in [-0.4, -0.2) is 42.4 Å². The molecule has 2 aliphatic rings. The molecule has 0 spiro atoms. The Bertz CT molecular complexity index is 558. The molecular weight excluding hydrogens is 266 g/mol. The number of hydrogen-bond donors (Lipinski definition) is 2. The van der Waals surface area contributed by atoms with Crippen LogP contribution in [0.2, 0.25) is 0 Å². The highest BCUT2D eigenvalue weighted by Crippen LogP contribution is 2.29. The summed E-state index contributed by atoms with van der Waals surface area (Å²) in [5.74, 6) is -0.0787. The highest BCUT2D eigenvalue weighted by molar-refractivity contribution is 5.87. The molecule has 1 aromatic rings. The maximum absolute atomic E-state index is 12.8. The van der Waals surface area contributed by atoms with E-state index in [2.05, 4.69) is 16.7 Å². The highest BCUT2D eigenvalue weighted by Gasteiger charge is 2.34. The molecular formula is C16H21N3O2. The van der Waals surface area contributed by atoms with Crippen molar-refractivity contribution < 1.29 is 9.59 Å². The van der Waals surface area contributed by atoms with E-state index in [1.165, 1.54) is 5.56 Å². The Kier molecular flexibility index (Phi) is 3.82. The van der Waals surface area contributed by atoms with Crippen LogP contribution >= 0.6 is 0 Å². The van der Waals surface area contributed by atoms with Gasteiger partial charge in [0.25, 0.3) is 0 Å². The first-order valence-electron chi connectivity index (χ1n) is 7.55. The molecule has 3 rings (SSSR count).